The topological polar surface area (TPSA) is 70.2 Å². The zero-order chi connectivity index (χ0) is 15.7. The summed E-state index contributed by atoms with van der Waals surface area (Å²) in [5.41, 5.74) is 6.69. The van der Waals surface area contributed by atoms with Crippen LogP contribution in [0.2, 0.25) is 5.02 Å². The van der Waals surface area contributed by atoms with Gasteiger partial charge in [0.2, 0.25) is 0 Å². The summed E-state index contributed by atoms with van der Waals surface area (Å²) < 4.78 is 27.7. The molecule has 1 fully saturated rings. The Labute approximate surface area is 138 Å². The average molecular weight is 358 g/mol. The molecular formula is C14H16ClN3O2S2. The van der Waals surface area contributed by atoms with Crippen molar-refractivity contribution in [3.8, 4) is 0 Å². The number of rotatable bonds is 4. The second-order valence-electron chi connectivity index (χ2n) is 5.22. The van der Waals surface area contributed by atoms with Gasteiger partial charge in [0, 0.05) is 10.9 Å². The minimum absolute atomic E-state index is 0.143. The molecule has 118 valence electrons. The Bertz CT molecular complexity index is 776. The summed E-state index contributed by atoms with van der Waals surface area (Å²) >= 11 is 7.27. The van der Waals surface area contributed by atoms with Crippen LogP contribution in [-0.4, -0.2) is 14.5 Å². The van der Waals surface area contributed by atoms with Crippen LogP contribution in [0.3, 0.4) is 0 Å². The number of halogens is 1. The molecule has 0 spiro atoms. The van der Waals surface area contributed by atoms with E-state index in [4.69, 9.17) is 11.6 Å². The average Bonchev–Trinajstić information content (AvgIpc) is 3.10. The van der Waals surface area contributed by atoms with Crippen LogP contribution < -0.4 is 15.6 Å². The number of benzene rings is 1. The SMILES string of the molecule is CC1CC(c2ccc(S(=O)(=O)Nc3ccccc3Cl)s2)NN1. The maximum atomic E-state index is 12.5. The highest BCUT2D eigenvalue weighted by atomic mass is 35.5. The highest BCUT2D eigenvalue weighted by Crippen LogP contribution is 2.32. The van der Waals surface area contributed by atoms with Gasteiger partial charge >= 0.3 is 0 Å². The summed E-state index contributed by atoms with van der Waals surface area (Å²) in [6.45, 7) is 2.08. The zero-order valence-electron chi connectivity index (χ0n) is 11.8. The molecule has 8 heteroatoms. The first-order valence-corrected chi connectivity index (χ1v) is 9.51. The fraction of sp³-hybridized carbons (Fsp3) is 0.286. The molecule has 0 bridgehead atoms. The van der Waals surface area contributed by atoms with Gasteiger partial charge in [0.25, 0.3) is 10.0 Å². The third kappa shape index (κ3) is 3.28. The molecule has 0 aliphatic carbocycles. The van der Waals surface area contributed by atoms with E-state index in [1.165, 1.54) is 11.3 Å². The number of sulfonamides is 1. The van der Waals surface area contributed by atoms with E-state index in [2.05, 4.69) is 22.5 Å². The van der Waals surface area contributed by atoms with Gasteiger partial charge in [-0.15, -0.1) is 11.3 Å². The largest absolute Gasteiger partial charge is 0.277 e. The lowest BCUT2D eigenvalue weighted by atomic mass is 10.1. The van der Waals surface area contributed by atoms with Gasteiger partial charge in [-0.3, -0.25) is 10.1 Å². The van der Waals surface area contributed by atoms with Crippen molar-refractivity contribution in [2.45, 2.75) is 29.6 Å². The molecule has 1 aliphatic rings. The summed E-state index contributed by atoms with van der Waals surface area (Å²) in [6, 6.07) is 10.8. The van der Waals surface area contributed by atoms with Crippen LogP contribution in [0.15, 0.2) is 40.6 Å². The molecule has 2 atom stereocenters. The van der Waals surface area contributed by atoms with E-state index in [1.54, 1.807) is 30.3 Å². The molecule has 1 saturated heterocycles. The number of nitrogens with one attached hydrogen (secondary N) is 3. The Morgan fingerprint density at radius 1 is 1.23 bits per heavy atom. The summed E-state index contributed by atoms with van der Waals surface area (Å²) in [5.74, 6) is 0. The number of hydrazine groups is 1. The molecule has 1 aromatic heterocycles. The molecule has 0 saturated carbocycles. The Balaban J connectivity index is 1.81. The Kier molecular flexibility index (Phi) is 4.42. The van der Waals surface area contributed by atoms with Gasteiger partial charge in [-0.1, -0.05) is 23.7 Å². The smallest absolute Gasteiger partial charge is 0.271 e. The fourth-order valence-corrected chi connectivity index (χ4v) is 5.02. The highest BCUT2D eigenvalue weighted by molar-refractivity contribution is 7.94. The van der Waals surface area contributed by atoms with Gasteiger partial charge in [0.1, 0.15) is 4.21 Å². The zero-order valence-corrected chi connectivity index (χ0v) is 14.2. The molecule has 22 heavy (non-hydrogen) atoms. The first-order chi connectivity index (χ1) is 10.5. The van der Waals surface area contributed by atoms with Crippen LogP contribution in [0.25, 0.3) is 0 Å². The van der Waals surface area contributed by atoms with Crippen molar-refractivity contribution in [2.75, 3.05) is 4.72 Å². The lowest BCUT2D eigenvalue weighted by Crippen LogP contribution is -2.28. The standard InChI is InChI=1S/C14H16ClN3O2S2/c1-9-8-12(17-16-9)13-6-7-14(21-13)22(19,20)18-11-5-3-2-4-10(11)15/h2-7,9,12,16-18H,8H2,1H3. The van der Waals surface area contributed by atoms with E-state index in [9.17, 15) is 8.42 Å². The van der Waals surface area contributed by atoms with E-state index < -0.39 is 10.0 Å². The van der Waals surface area contributed by atoms with Crippen molar-refractivity contribution < 1.29 is 8.42 Å². The second-order valence-corrected chi connectivity index (χ2v) is 8.65. The third-order valence-corrected chi connectivity index (χ3v) is 6.81. The quantitative estimate of drug-likeness (QED) is 0.786. The van der Waals surface area contributed by atoms with Gasteiger partial charge in [-0.2, -0.15) is 0 Å². The van der Waals surface area contributed by atoms with Crippen LogP contribution in [-0.2, 0) is 10.0 Å². The molecule has 2 unspecified atom stereocenters. The molecule has 1 aliphatic heterocycles. The molecule has 2 heterocycles. The van der Waals surface area contributed by atoms with Crippen LogP contribution in [0.1, 0.15) is 24.3 Å². The van der Waals surface area contributed by atoms with Crippen molar-refractivity contribution in [1.82, 2.24) is 10.9 Å². The van der Waals surface area contributed by atoms with Crippen molar-refractivity contribution in [3.05, 3.63) is 46.3 Å². The molecule has 1 aromatic carbocycles. The molecule has 2 aromatic rings. The van der Waals surface area contributed by atoms with Crippen molar-refractivity contribution in [3.63, 3.8) is 0 Å². The van der Waals surface area contributed by atoms with E-state index in [0.717, 1.165) is 11.3 Å². The normalized spacial score (nSPS) is 21.9. The molecule has 5 nitrogen and oxygen atoms in total. The molecule has 3 N–H and O–H groups in total. The van der Waals surface area contributed by atoms with Crippen molar-refractivity contribution in [2.24, 2.45) is 0 Å². The van der Waals surface area contributed by atoms with E-state index in [0.29, 0.717) is 16.8 Å². The van der Waals surface area contributed by atoms with Crippen LogP contribution >= 0.6 is 22.9 Å². The summed E-state index contributed by atoms with van der Waals surface area (Å²) in [5, 5.41) is 0.373. The first kappa shape index (κ1) is 15.8. The van der Waals surface area contributed by atoms with Crippen molar-refractivity contribution in [1.29, 1.82) is 0 Å². The van der Waals surface area contributed by atoms with E-state index >= 15 is 0 Å². The predicted molar refractivity (Wildman–Crippen MR) is 89.7 cm³/mol. The first-order valence-electron chi connectivity index (χ1n) is 6.84. The van der Waals surface area contributed by atoms with E-state index in [1.807, 2.05) is 6.07 Å². The lowest BCUT2D eigenvalue weighted by molar-refractivity contribution is 0.564. The lowest BCUT2D eigenvalue weighted by Gasteiger charge is -2.08. The van der Waals surface area contributed by atoms with Crippen molar-refractivity contribution >= 4 is 38.6 Å². The van der Waals surface area contributed by atoms with Gasteiger partial charge in [0.05, 0.1) is 16.8 Å². The maximum Gasteiger partial charge on any atom is 0.271 e. The number of hydrogen-bond donors (Lipinski definition) is 3. The van der Waals surface area contributed by atoms with Crippen LogP contribution in [0.5, 0.6) is 0 Å². The number of thiophene rings is 1. The summed E-state index contributed by atoms with van der Waals surface area (Å²) in [6.07, 6.45) is 0.929. The minimum atomic E-state index is -3.62. The van der Waals surface area contributed by atoms with Gasteiger partial charge in [-0.25, -0.2) is 13.8 Å². The number of hydrogen-bond acceptors (Lipinski definition) is 5. The van der Waals surface area contributed by atoms with Crippen LogP contribution in [0.4, 0.5) is 5.69 Å². The minimum Gasteiger partial charge on any atom is -0.277 e. The Morgan fingerprint density at radius 2 is 2.00 bits per heavy atom. The molecular weight excluding hydrogens is 342 g/mol. The molecule has 3 rings (SSSR count). The highest BCUT2D eigenvalue weighted by Gasteiger charge is 2.25. The summed E-state index contributed by atoms with van der Waals surface area (Å²) in [7, 11) is -3.62. The maximum absolute atomic E-state index is 12.5. The third-order valence-electron chi connectivity index (χ3n) is 3.42. The molecule has 0 radical (unpaired) electrons. The van der Waals surface area contributed by atoms with Gasteiger partial charge in [-0.05, 0) is 37.6 Å². The Hall–Kier alpha value is -1.12. The van der Waals surface area contributed by atoms with Gasteiger partial charge < -0.3 is 0 Å². The summed E-state index contributed by atoms with van der Waals surface area (Å²) in [4.78, 5) is 0.997. The number of para-hydroxylation sites is 1. The fourth-order valence-electron chi connectivity index (χ4n) is 2.31. The van der Waals surface area contributed by atoms with Gasteiger partial charge in [0.15, 0.2) is 0 Å². The number of anilines is 1. The van der Waals surface area contributed by atoms with E-state index in [-0.39, 0.29) is 10.3 Å². The van der Waals surface area contributed by atoms with Crippen LogP contribution in [0, 0.1) is 0 Å². The second kappa shape index (κ2) is 6.17. The monoisotopic (exact) mass is 357 g/mol. The predicted octanol–water partition coefficient (Wildman–Crippen LogP) is 3.13. The Morgan fingerprint density at radius 3 is 2.68 bits per heavy atom. The molecule has 0 amide bonds.